The highest BCUT2D eigenvalue weighted by Crippen LogP contribution is 2.20. The zero-order valence-corrected chi connectivity index (χ0v) is 12.2. The number of halogens is 1. The fourth-order valence-corrected chi connectivity index (χ4v) is 2.73. The van der Waals surface area contributed by atoms with E-state index in [1.54, 1.807) is 0 Å². The Morgan fingerprint density at radius 2 is 2.00 bits per heavy atom. The van der Waals surface area contributed by atoms with Crippen molar-refractivity contribution in [3.63, 3.8) is 0 Å². The van der Waals surface area contributed by atoms with Crippen LogP contribution in [-0.2, 0) is 19.6 Å². The third-order valence-corrected chi connectivity index (χ3v) is 4.60. The van der Waals surface area contributed by atoms with Gasteiger partial charge in [0.2, 0.25) is 10.0 Å². The van der Waals surface area contributed by atoms with E-state index in [0.29, 0.717) is 0 Å². The maximum absolute atomic E-state index is 13.7. The van der Waals surface area contributed by atoms with Gasteiger partial charge in [-0.15, -0.1) is 0 Å². The van der Waals surface area contributed by atoms with Crippen LogP contribution < -0.4 is 0 Å². The second-order valence-electron chi connectivity index (χ2n) is 4.10. The highest BCUT2D eigenvalue weighted by atomic mass is 32.2. The molecule has 21 heavy (non-hydrogen) atoms. The number of hydrogen-bond acceptors (Lipinski definition) is 5. The molecule has 1 aromatic carbocycles. The van der Waals surface area contributed by atoms with Gasteiger partial charge in [-0.05, 0) is 18.2 Å². The summed E-state index contributed by atoms with van der Waals surface area (Å²) in [4.78, 5) is 21.1. The molecule has 0 bridgehead atoms. The van der Waals surface area contributed by atoms with E-state index in [1.807, 2.05) is 0 Å². The maximum atomic E-state index is 13.7. The molecule has 0 fully saturated rings. The van der Waals surface area contributed by atoms with E-state index >= 15 is 0 Å². The number of esters is 1. The molecule has 0 radical (unpaired) electrons. The number of sulfonamides is 1. The van der Waals surface area contributed by atoms with E-state index in [0.717, 1.165) is 36.7 Å². The van der Waals surface area contributed by atoms with Crippen molar-refractivity contribution in [1.82, 2.24) is 4.31 Å². The van der Waals surface area contributed by atoms with Gasteiger partial charge in [-0.1, -0.05) is 0 Å². The van der Waals surface area contributed by atoms with Gasteiger partial charge in [0.1, 0.15) is 10.7 Å². The first kappa shape index (κ1) is 17.1. The number of nitrogens with zero attached hydrogens (tertiary/aromatic N) is 1. The first-order valence-electron chi connectivity index (χ1n) is 5.76. The largest absolute Gasteiger partial charge is 0.478 e. The number of benzene rings is 1. The van der Waals surface area contributed by atoms with Crippen LogP contribution in [0.4, 0.5) is 4.39 Å². The number of ether oxygens (including phenoxy) is 1. The summed E-state index contributed by atoms with van der Waals surface area (Å²) in [5.74, 6) is -3.05. The molecule has 0 aliphatic carbocycles. The summed E-state index contributed by atoms with van der Waals surface area (Å²) in [7, 11) is -1.92. The molecule has 0 spiro atoms. The van der Waals surface area contributed by atoms with Gasteiger partial charge >= 0.3 is 11.9 Å². The van der Waals surface area contributed by atoms with Crippen LogP contribution in [0, 0.1) is 5.82 Å². The fraction of sp³-hybridized carbons (Fsp3) is 0.333. The summed E-state index contributed by atoms with van der Waals surface area (Å²) >= 11 is 0. The monoisotopic (exact) mass is 319 g/mol. The molecule has 1 aromatic rings. The van der Waals surface area contributed by atoms with Gasteiger partial charge in [-0.25, -0.2) is 21.9 Å². The molecule has 0 aromatic heterocycles. The summed E-state index contributed by atoms with van der Waals surface area (Å²) in [6.45, 7) is -0.217. The van der Waals surface area contributed by atoms with E-state index in [1.165, 1.54) is 0 Å². The van der Waals surface area contributed by atoms with E-state index in [2.05, 4.69) is 4.74 Å². The third kappa shape index (κ3) is 3.99. The Bertz CT molecular complexity index is 658. The lowest BCUT2D eigenvalue weighted by Gasteiger charge is -2.17. The van der Waals surface area contributed by atoms with Gasteiger partial charge in [0.15, 0.2) is 0 Å². The van der Waals surface area contributed by atoms with Crippen LogP contribution in [-0.4, -0.2) is 50.5 Å². The van der Waals surface area contributed by atoms with E-state index < -0.39 is 32.7 Å². The van der Waals surface area contributed by atoms with Gasteiger partial charge < -0.3 is 9.84 Å². The molecular formula is C12H14FNO6S. The minimum absolute atomic E-state index is 0.202. The minimum Gasteiger partial charge on any atom is -0.478 e. The zero-order valence-electron chi connectivity index (χ0n) is 11.4. The van der Waals surface area contributed by atoms with Crippen molar-refractivity contribution < 1.29 is 32.2 Å². The van der Waals surface area contributed by atoms with Gasteiger partial charge in [0.25, 0.3) is 0 Å². The molecule has 0 aliphatic heterocycles. The quantitative estimate of drug-likeness (QED) is 0.775. The highest BCUT2D eigenvalue weighted by molar-refractivity contribution is 7.89. The van der Waals surface area contributed by atoms with E-state index in [4.69, 9.17) is 5.11 Å². The van der Waals surface area contributed by atoms with Crippen LogP contribution in [0.1, 0.15) is 16.8 Å². The van der Waals surface area contributed by atoms with Crippen molar-refractivity contribution in [2.45, 2.75) is 11.3 Å². The van der Waals surface area contributed by atoms with E-state index in [-0.39, 0.29) is 18.5 Å². The first-order valence-corrected chi connectivity index (χ1v) is 7.20. The molecule has 1 rings (SSSR count). The second-order valence-corrected chi connectivity index (χ2v) is 6.12. The fourth-order valence-electron chi connectivity index (χ4n) is 1.47. The average Bonchev–Trinajstić information content (AvgIpc) is 2.44. The predicted octanol–water partition coefficient (Wildman–Crippen LogP) is 0.707. The Morgan fingerprint density at radius 3 is 2.52 bits per heavy atom. The van der Waals surface area contributed by atoms with Gasteiger partial charge in [-0.2, -0.15) is 0 Å². The number of carbonyl (C=O) groups is 2. The number of rotatable bonds is 6. The molecule has 0 saturated carbocycles. The summed E-state index contributed by atoms with van der Waals surface area (Å²) in [6.07, 6.45) is -0.202. The first-order chi connectivity index (χ1) is 9.70. The summed E-state index contributed by atoms with van der Waals surface area (Å²) in [6, 6.07) is 2.47. The smallest absolute Gasteiger partial charge is 0.335 e. The third-order valence-electron chi connectivity index (χ3n) is 2.72. The second kappa shape index (κ2) is 6.64. The molecule has 9 heteroatoms. The average molecular weight is 319 g/mol. The van der Waals surface area contributed by atoms with Crippen LogP contribution in [0.25, 0.3) is 0 Å². The predicted molar refractivity (Wildman–Crippen MR) is 69.8 cm³/mol. The molecule has 0 aliphatic rings. The number of carbonyl (C=O) groups excluding carboxylic acids is 1. The topological polar surface area (TPSA) is 101 Å². The standard InChI is InChI=1S/C12H14FNO6S/c1-14(6-5-11(15)20-2)21(18,19)10-7-8(12(16)17)3-4-9(10)13/h3-4,7H,5-6H2,1-2H3,(H,16,17). The number of aromatic carboxylic acids is 1. The normalized spacial score (nSPS) is 11.4. The van der Waals surface area contributed by atoms with Gasteiger partial charge in [-0.3, -0.25) is 4.79 Å². The van der Waals surface area contributed by atoms with Crippen LogP contribution in [0.5, 0.6) is 0 Å². The summed E-state index contributed by atoms with van der Waals surface area (Å²) in [5.41, 5.74) is -0.351. The molecule has 0 amide bonds. The molecule has 0 heterocycles. The highest BCUT2D eigenvalue weighted by Gasteiger charge is 2.26. The lowest BCUT2D eigenvalue weighted by atomic mass is 10.2. The lowest BCUT2D eigenvalue weighted by molar-refractivity contribution is -0.140. The number of methoxy groups -OCH3 is 1. The van der Waals surface area contributed by atoms with Gasteiger partial charge in [0, 0.05) is 13.6 Å². The van der Waals surface area contributed by atoms with Crippen LogP contribution in [0.2, 0.25) is 0 Å². The Hall–Kier alpha value is -2.00. The van der Waals surface area contributed by atoms with Crippen LogP contribution >= 0.6 is 0 Å². The molecule has 116 valence electrons. The van der Waals surface area contributed by atoms with E-state index in [9.17, 15) is 22.4 Å². The molecule has 0 atom stereocenters. The molecule has 0 saturated heterocycles. The van der Waals surface area contributed by atoms with Crippen LogP contribution in [0.15, 0.2) is 23.1 Å². The SMILES string of the molecule is COC(=O)CCN(C)S(=O)(=O)c1cc(C(=O)O)ccc1F. The Kier molecular flexibility index (Phi) is 5.39. The Balaban J connectivity index is 3.09. The maximum Gasteiger partial charge on any atom is 0.335 e. The number of carboxylic acids is 1. The molecule has 7 nitrogen and oxygen atoms in total. The summed E-state index contributed by atoms with van der Waals surface area (Å²) < 4.78 is 43.1. The van der Waals surface area contributed by atoms with Crippen molar-refractivity contribution in [2.24, 2.45) is 0 Å². The van der Waals surface area contributed by atoms with Crippen LogP contribution in [0.3, 0.4) is 0 Å². The van der Waals surface area contributed by atoms with Crippen molar-refractivity contribution in [1.29, 1.82) is 0 Å². The Labute approximate surface area is 121 Å². The zero-order chi connectivity index (χ0) is 16.2. The molecule has 1 N–H and O–H groups in total. The van der Waals surface area contributed by atoms with Crippen molar-refractivity contribution in [3.8, 4) is 0 Å². The Morgan fingerprint density at radius 1 is 1.38 bits per heavy atom. The van der Waals surface area contributed by atoms with Crippen molar-refractivity contribution in [3.05, 3.63) is 29.6 Å². The van der Waals surface area contributed by atoms with Crippen molar-refractivity contribution in [2.75, 3.05) is 20.7 Å². The molecular weight excluding hydrogens is 305 g/mol. The number of hydrogen-bond donors (Lipinski definition) is 1. The minimum atomic E-state index is -4.24. The van der Waals surface area contributed by atoms with Gasteiger partial charge in [0.05, 0.1) is 19.1 Å². The number of carboxylic acid groups (broad SMARTS) is 1. The van der Waals surface area contributed by atoms with Crippen molar-refractivity contribution >= 4 is 22.0 Å². The lowest BCUT2D eigenvalue weighted by Crippen LogP contribution is -2.30. The molecule has 0 unspecified atom stereocenters. The summed E-state index contributed by atoms with van der Waals surface area (Å²) in [5, 5.41) is 8.82.